The normalized spacial score (nSPS) is 13.8. The van der Waals surface area contributed by atoms with Crippen molar-refractivity contribution in [3.63, 3.8) is 0 Å². The number of hydrogen-bond donors (Lipinski definition) is 2. The number of thiazole rings is 1. The Hall–Kier alpha value is -1.72. The maximum Gasteiger partial charge on any atom is 0.242 e. The van der Waals surface area contributed by atoms with Crippen molar-refractivity contribution in [2.24, 2.45) is 5.73 Å². The summed E-state index contributed by atoms with van der Waals surface area (Å²) in [4.78, 5) is 17.7. The number of rotatable bonds is 4. The van der Waals surface area contributed by atoms with Crippen molar-refractivity contribution in [1.82, 2.24) is 10.3 Å². The minimum atomic E-state index is -0.645. The number of aromatic nitrogens is 1. The summed E-state index contributed by atoms with van der Waals surface area (Å²) in [6, 6.07) is 8.65. The molecule has 3 N–H and O–H groups in total. The maximum absolute atomic E-state index is 12.2. The first-order valence-corrected chi connectivity index (χ1v) is 7.35. The smallest absolute Gasteiger partial charge is 0.242 e. The second kappa shape index (κ2) is 6.15. The summed E-state index contributed by atoms with van der Waals surface area (Å²) in [7, 11) is 0. The average molecular weight is 289 g/mol. The highest BCUT2D eigenvalue weighted by atomic mass is 32.1. The van der Waals surface area contributed by atoms with Crippen LogP contribution >= 0.6 is 11.3 Å². The molecule has 0 saturated heterocycles. The van der Waals surface area contributed by atoms with E-state index < -0.39 is 6.04 Å². The van der Waals surface area contributed by atoms with Crippen LogP contribution in [0.1, 0.15) is 40.1 Å². The molecule has 5 heteroatoms. The Morgan fingerprint density at radius 2 is 1.95 bits per heavy atom. The standard InChI is InChI=1S/C15H19N3OS/c1-9-14(20-11(3)17-9)10(2)18-15(19)13(16)12-7-5-4-6-8-12/h4-8,10,13H,16H2,1-3H3,(H,18,19)/t10?,13-/m1/s1. The van der Waals surface area contributed by atoms with Gasteiger partial charge in [-0.05, 0) is 26.3 Å². The van der Waals surface area contributed by atoms with Crippen molar-refractivity contribution in [3.05, 3.63) is 51.5 Å². The van der Waals surface area contributed by atoms with E-state index in [-0.39, 0.29) is 11.9 Å². The van der Waals surface area contributed by atoms with Gasteiger partial charge in [0.25, 0.3) is 0 Å². The molecule has 0 spiro atoms. The molecule has 20 heavy (non-hydrogen) atoms. The monoisotopic (exact) mass is 289 g/mol. The Labute approximate surface area is 123 Å². The molecule has 1 amide bonds. The summed E-state index contributed by atoms with van der Waals surface area (Å²) in [6.07, 6.45) is 0. The van der Waals surface area contributed by atoms with E-state index in [1.54, 1.807) is 11.3 Å². The molecule has 1 aromatic heterocycles. The van der Waals surface area contributed by atoms with Crippen LogP contribution < -0.4 is 11.1 Å². The molecule has 0 saturated carbocycles. The number of hydrogen-bond acceptors (Lipinski definition) is 4. The fourth-order valence-electron chi connectivity index (χ4n) is 2.13. The summed E-state index contributed by atoms with van der Waals surface area (Å²) in [5.41, 5.74) is 7.76. The number of benzene rings is 1. The Kier molecular flexibility index (Phi) is 4.52. The largest absolute Gasteiger partial charge is 0.347 e. The molecule has 1 aromatic carbocycles. The lowest BCUT2D eigenvalue weighted by atomic mass is 10.1. The lowest BCUT2D eigenvalue weighted by Crippen LogP contribution is -2.35. The van der Waals surface area contributed by atoms with Gasteiger partial charge >= 0.3 is 0 Å². The van der Waals surface area contributed by atoms with Crippen molar-refractivity contribution in [3.8, 4) is 0 Å². The van der Waals surface area contributed by atoms with E-state index in [1.807, 2.05) is 51.1 Å². The zero-order valence-corrected chi connectivity index (χ0v) is 12.7. The zero-order chi connectivity index (χ0) is 14.7. The van der Waals surface area contributed by atoms with Gasteiger partial charge in [0.2, 0.25) is 5.91 Å². The Balaban J connectivity index is 2.06. The van der Waals surface area contributed by atoms with Crippen molar-refractivity contribution in [2.45, 2.75) is 32.9 Å². The molecule has 2 aromatic rings. The second-order valence-electron chi connectivity index (χ2n) is 4.80. The fourth-order valence-corrected chi connectivity index (χ4v) is 3.06. The lowest BCUT2D eigenvalue weighted by Gasteiger charge is -2.17. The zero-order valence-electron chi connectivity index (χ0n) is 11.9. The molecule has 0 fully saturated rings. The van der Waals surface area contributed by atoms with Crippen molar-refractivity contribution >= 4 is 17.2 Å². The van der Waals surface area contributed by atoms with E-state index in [9.17, 15) is 4.79 Å². The molecule has 0 radical (unpaired) electrons. The molecule has 0 aliphatic carbocycles. The lowest BCUT2D eigenvalue weighted by molar-refractivity contribution is -0.123. The van der Waals surface area contributed by atoms with Crippen LogP contribution in [0.25, 0.3) is 0 Å². The Morgan fingerprint density at radius 3 is 2.50 bits per heavy atom. The predicted molar refractivity (Wildman–Crippen MR) is 81.5 cm³/mol. The molecule has 0 aliphatic rings. The highest BCUT2D eigenvalue weighted by Crippen LogP contribution is 2.24. The summed E-state index contributed by atoms with van der Waals surface area (Å²) in [6.45, 7) is 5.87. The van der Waals surface area contributed by atoms with Gasteiger partial charge in [0, 0.05) is 4.88 Å². The Morgan fingerprint density at radius 1 is 1.30 bits per heavy atom. The first kappa shape index (κ1) is 14.7. The fraction of sp³-hybridized carbons (Fsp3) is 0.333. The Bertz CT molecular complexity index is 594. The number of nitrogens with zero attached hydrogens (tertiary/aromatic N) is 1. The van der Waals surface area contributed by atoms with Crippen LogP contribution in [0.15, 0.2) is 30.3 Å². The molecule has 0 bridgehead atoms. The van der Waals surface area contributed by atoms with E-state index in [4.69, 9.17) is 5.73 Å². The van der Waals surface area contributed by atoms with E-state index in [0.29, 0.717) is 0 Å². The van der Waals surface area contributed by atoms with Crippen LogP contribution in [0.4, 0.5) is 0 Å². The van der Waals surface area contributed by atoms with Gasteiger partial charge in [0.1, 0.15) is 6.04 Å². The quantitative estimate of drug-likeness (QED) is 0.909. The van der Waals surface area contributed by atoms with Gasteiger partial charge in [0.05, 0.1) is 16.7 Å². The molecule has 2 atom stereocenters. The minimum Gasteiger partial charge on any atom is -0.347 e. The van der Waals surface area contributed by atoms with Crippen LogP contribution in [0.5, 0.6) is 0 Å². The van der Waals surface area contributed by atoms with Gasteiger partial charge < -0.3 is 11.1 Å². The number of aryl methyl sites for hydroxylation is 2. The molecular formula is C15H19N3OS. The topological polar surface area (TPSA) is 68.0 Å². The third-order valence-electron chi connectivity index (χ3n) is 3.13. The summed E-state index contributed by atoms with van der Waals surface area (Å²) >= 11 is 1.61. The summed E-state index contributed by atoms with van der Waals surface area (Å²) in [5, 5.41) is 3.96. The van der Waals surface area contributed by atoms with Crippen LogP contribution in [-0.4, -0.2) is 10.9 Å². The maximum atomic E-state index is 12.2. The molecular weight excluding hydrogens is 270 g/mol. The van der Waals surface area contributed by atoms with Crippen LogP contribution in [-0.2, 0) is 4.79 Å². The number of carbonyl (C=O) groups excluding carboxylic acids is 1. The number of amides is 1. The van der Waals surface area contributed by atoms with Gasteiger partial charge in [-0.1, -0.05) is 30.3 Å². The molecule has 0 aliphatic heterocycles. The molecule has 4 nitrogen and oxygen atoms in total. The third kappa shape index (κ3) is 3.23. The van der Waals surface area contributed by atoms with Crippen LogP contribution in [0, 0.1) is 13.8 Å². The van der Waals surface area contributed by atoms with E-state index >= 15 is 0 Å². The van der Waals surface area contributed by atoms with Crippen LogP contribution in [0.2, 0.25) is 0 Å². The van der Waals surface area contributed by atoms with E-state index in [0.717, 1.165) is 21.1 Å². The SMILES string of the molecule is Cc1nc(C)c(C(C)NC(=O)[C@H](N)c2ccccc2)s1. The van der Waals surface area contributed by atoms with Gasteiger partial charge in [-0.3, -0.25) is 4.79 Å². The van der Waals surface area contributed by atoms with E-state index in [2.05, 4.69) is 10.3 Å². The highest BCUT2D eigenvalue weighted by molar-refractivity contribution is 7.11. The third-order valence-corrected chi connectivity index (χ3v) is 4.39. The van der Waals surface area contributed by atoms with Gasteiger partial charge in [-0.15, -0.1) is 11.3 Å². The molecule has 106 valence electrons. The second-order valence-corrected chi connectivity index (χ2v) is 6.04. The number of nitrogens with two attached hydrogens (primary N) is 1. The van der Waals surface area contributed by atoms with Gasteiger partial charge in [-0.25, -0.2) is 4.98 Å². The first-order chi connectivity index (χ1) is 9.49. The molecule has 1 unspecified atom stereocenters. The summed E-state index contributed by atoms with van der Waals surface area (Å²) < 4.78 is 0. The van der Waals surface area contributed by atoms with Crippen molar-refractivity contribution < 1.29 is 4.79 Å². The number of nitrogens with one attached hydrogen (secondary N) is 1. The average Bonchev–Trinajstić information content (AvgIpc) is 2.78. The summed E-state index contributed by atoms with van der Waals surface area (Å²) in [5.74, 6) is -0.172. The minimum absolute atomic E-state index is 0.0801. The highest BCUT2D eigenvalue weighted by Gasteiger charge is 2.20. The predicted octanol–water partition coefficient (Wildman–Crippen LogP) is 2.64. The molecule has 1 heterocycles. The van der Waals surface area contributed by atoms with Gasteiger partial charge in [-0.2, -0.15) is 0 Å². The van der Waals surface area contributed by atoms with E-state index in [1.165, 1.54) is 0 Å². The van der Waals surface area contributed by atoms with Crippen LogP contribution in [0.3, 0.4) is 0 Å². The van der Waals surface area contributed by atoms with Crippen molar-refractivity contribution in [1.29, 1.82) is 0 Å². The first-order valence-electron chi connectivity index (χ1n) is 6.54. The molecule has 2 rings (SSSR count). The van der Waals surface area contributed by atoms with Gasteiger partial charge in [0.15, 0.2) is 0 Å². The number of carbonyl (C=O) groups is 1. The van der Waals surface area contributed by atoms with Crippen molar-refractivity contribution in [2.75, 3.05) is 0 Å².